The van der Waals surface area contributed by atoms with Crippen LogP contribution in [0.3, 0.4) is 0 Å². The van der Waals surface area contributed by atoms with E-state index in [1.807, 2.05) is 30.7 Å². The van der Waals surface area contributed by atoms with Gasteiger partial charge < -0.3 is 15.7 Å². The summed E-state index contributed by atoms with van der Waals surface area (Å²) in [6.07, 6.45) is 2.31. The Morgan fingerprint density at radius 2 is 2.21 bits per heavy atom. The summed E-state index contributed by atoms with van der Waals surface area (Å²) in [6, 6.07) is 2.42. The molecule has 19 heavy (non-hydrogen) atoms. The molecular weight excluding hydrogens is 284 g/mol. The topological polar surface area (TPSA) is 78.4 Å². The van der Waals surface area contributed by atoms with E-state index in [9.17, 15) is 9.59 Å². The van der Waals surface area contributed by atoms with Crippen molar-refractivity contribution < 1.29 is 14.7 Å². The van der Waals surface area contributed by atoms with E-state index in [1.54, 1.807) is 23.1 Å². The van der Waals surface area contributed by atoms with E-state index in [1.165, 1.54) is 0 Å². The molecule has 7 heteroatoms. The number of aliphatic carboxylic acids is 1. The summed E-state index contributed by atoms with van der Waals surface area (Å²) in [5.41, 5.74) is 0. The van der Waals surface area contributed by atoms with Crippen LogP contribution in [0, 0.1) is 0 Å². The average Bonchev–Trinajstić information content (AvgIpc) is 2.87. The summed E-state index contributed by atoms with van der Waals surface area (Å²) < 4.78 is 0. The summed E-state index contributed by atoms with van der Waals surface area (Å²) in [5, 5.41) is 16.2. The molecule has 1 aromatic rings. The predicted molar refractivity (Wildman–Crippen MR) is 78.8 cm³/mol. The largest absolute Gasteiger partial charge is 0.480 e. The van der Waals surface area contributed by atoms with Crippen LogP contribution in [0.1, 0.15) is 24.3 Å². The second kappa shape index (κ2) is 8.06. The molecule has 0 fully saturated rings. The molecule has 3 N–H and O–H groups in total. The third-order valence-corrected chi connectivity index (χ3v) is 4.23. The minimum absolute atomic E-state index is 0.130. The van der Waals surface area contributed by atoms with Crippen LogP contribution in [-0.4, -0.2) is 35.2 Å². The van der Waals surface area contributed by atoms with E-state index in [0.717, 1.165) is 4.88 Å². The van der Waals surface area contributed by atoms with Gasteiger partial charge in [-0.15, -0.1) is 11.3 Å². The Balaban J connectivity index is 2.46. The van der Waals surface area contributed by atoms with Crippen molar-refractivity contribution in [2.24, 2.45) is 0 Å². The Morgan fingerprint density at radius 1 is 1.47 bits per heavy atom. The fourth-order valence-corrected chi connectivity index (χ4v) is 2.70. The van der Waals surface area contributed by atoms with Gasteiger partial charge in [0.05, 0.1) is 6.04 Å². The number of thioether (sulfide) groups is 1. The van der Waals surface area contributed by atoms with E-state index in [2.05, 4.69) is 10.6 Å². The molecular formula is C12H18N2O3S2. The van der Waals surface area contributed by atoms with Crippen LogP contribution in [0.4, 0.5) is 4.79 Å². The van der Waals surface area contributed by atoms with Gasteiger partial charge >= 0.3 is 12.0 Å². The van der Waals surface area contributed by atoms with Crippen molar-refractivity contribution >= 4 is 35.1 Å². The van der Waals surface area contributed by atoms with E-state index in [0.29, 0.717) is 12.2 Å². The summed E-state index contributed by atoms with van der Waals surface area (Å²) in [4.78, 5) is 23.8. The van der Waals surface area contributed by atoms with Gasteiger partial charge in [0.2, 0.25) is 0 Å². The first-order valence-corrected chi connectivity index (χ1v) is 8.14. The molecule has 5 nitrogen and oxygen atoms in total. The van der Waals surface area contributed by atoms with Gasteiger partial charge in [0, 0.05) is 4.88 Å². The Morgan fingerprint density at radius 3 is 2.74 bits per heavy atom. The Kier molecular flexibility index (Phi) is 6.72. The number of nitrogens with one attached hydrogen (secondary N) is 2. The smallest absolute Gasteiger partial charge is 0.326 e. The molecule has 0 saturated heterocycles. The van der Waals surface area contributed by atoms with Crippen molar-refractivity contribution in [3.05, 3.63) is 22.4 Å². The van der Waals surface area contributed by atoms with Gasteiger partial charge in [-0.25, -0.2) is 9.59 Å². The maximum atomic E-state index is 11.7. The maximum Gasteiger partial charge on any atom is 0.326 e. The first-order valence-electron chi connectivity index (χ1n) is 5.86. The number of urea groups is 1. The number of hydrogen-bond donors (Lipinski definition) is 3. The highest BCUT2D eigenvalue weighted by molar-refractivity contribution is 7.98. The minimum atomic E-state index is -1.01. The van der Waals surface area contributed by atoms with Gasteiger partial charge in [-0.05, 0) is 36.8 Å². The average molecular weight is 302 g/mol. The fraction of sp³-hybridized carbons (Fsp3) is 0.500. The lowest BCUT2D eigenvalue weighted by Crippen LogP contribution is -2.46. The quantitative estimate of drug-likeness (QED) is 0.722. The van der Waals surface area contributed by atoms with Crippen LogP contribution < -0.4 is 10.6 Å². The van der Waals surface area contributed by atoms with Crippen LogP contribution in [-0.2, 0) is 4.79 Å². The number of carbonyl (C=O) groups excluding carboxylic acids is 1. The summed E-state index contributed by atoms with van der Waals surface area (Å²) >= 11 is 3.10. The van der Waals surface area contributed by atoms with Crippen molar-refractivity contribution in [3.63, 3.8) is 0 Å². The number of carbonyl (C=O) groups is 2. The molecule has 0 aromatic carbocycles. The van der Waals surface area contributed by atoms with Crippen LogP contribution in [0.25, 0.3) is 0 Å². The summed E-state index contributed by atoms with van der Waals surface area (Å²) in [6.45, 7) is 1.86. The molecule has 2 unspecified atom stereocenters. The summed E-state index contributed by atoms with van der Waals surface area (Å²) in [7, 11) is 0. The lowest BCUT2D eigenvalue weighted by atomic mass is 10.2. The molecule has 0 bridgehead atoms. The molecule has 0 radical (unpaired) electrons. The Labute approximate surface area is 120 Å². The van der Waals surface area contributed by atoms with E-state index >= 15 is 0 Å². The Bertz CT molecular complexity index is 409. The lowest BCUT2D eigenvalue weighted by Gasteiger charge is -2.17. The summed E-state index contributed by atoms with van der Waals surface area (Å²) in [5.74, 6) is -0.314. The first-order chi connectivity index (χ1) is 9.04. The van der Waals surface area contributed by atoms with Crippen molar-refractivity contribution in [3.8, 4) is 0 Å². The highest BCUT2D eigenvalue weighted by Gasteiger charge is 2.20. The first kappa shape index (κ1) is 15.8. The molecule has 0 aliphatic rings. The molecule has 2 amide bonds. The fourth-order valence-electron chi connectivity index (χ4n) is 1.50. The van der Waals surface area contributed by atoms with Gasteiger partial charge in [-0.1, -0.05) is 6.07 Å². The van der Waals surface area contributed by atoms with Gasteiger partial charge in [0.15, 0.2) is 0 Å². The predicted octanol–water partition coefficient (Wildman–Crippen LogP) is 2.31. The Hall–Kier alpha value is -1.21. The number of carboxylic acid groups (broad SMARTS) is 1. The molecule has 0 aliphatic carbocycles. The zero-order chi connectivity index (χ0) is 14.3. The van der Waals surface area contributed by atoms with Gasteiger partial charge in [0.25, 0.3) is 0 Å². The van der Waals surface area contributed by atoms with Gasteiger partial charge in [0.1, 0.15) is 6.04 Å². The van der Waals surface area contributed by atoms with E-state index in [4.69, 9.17) is 5.11 Å². The molecule has 0 aliphatic heterocycles. The molecule has 0 saturated carbocycles. The molecule has 106 valence electrons. The number of rotatable bonds is 7. The zero-order valence-electron chi connectivity index (χ0n) is 10.9. The number of carboxylic acids is 1. The van der Waals surface area contributed by atoms with Crippen LogP contribution in [0.5, 0.6) is 0 Å². The maximum absolute atomic E-state index is 11.7. The van der Waals surface area contributed by atoms with E-state index < -0.39 is 18.0 Å². The molecule has 1 aromatic heterocycles. The van der Waals surface area contributed by atoms with Gasteiger partial charge in [-0.3, -0.25) is 0 Å². The second-order valence-corrected chi connectivity index (χ2v) is 5.99. The van der Waals surface area contributed by atoms with Crippen LogP contribution in [0.15, 0.2) is 17.5 Å². The van der Waals surface area contributed by atoms with E-state index in [-0.39, 0.29) is 6.04 Å². The third-order valence-electron chi connectivity index (χ3n) is 2.53. The lowest BCUT2D eigenvalue weighted by molar-refractivity contribution is -0.139. The SMILES string of the molecule is CSCCC(NC(=O)NC(C)c1cccs1)C(=O)O. The number of hydrogen-bond acceptors (Lipinski definition) is 4. The van der Waals surface area contributed by atoms with Crippen LogP contribution >= 0.6 is 23.1 Å². The van der Waals surface area contributed by atoms with Crippen molar-refractivity contribution in [1.82, 2.24) is 10.6 Å². The number of amides is 2. The molecule has 2 atom stereocenters. The van der Waals surface area contributed by atoms with Gasteiger partial charge in [-0.2, -0.15) is 11.8 Å². The standard InChI is InChI=1S/C12H18N2O3S2/c1-8(10-4-3-6-19-10)13-12(17)14-9(11(15)16)5-7-18-2/h3-4,6,8-9H,5,7H2,1-2H3,(H,15,16)(H2,13,14,17). The molecule has 1 heterocycles. The number of thiophene rings is 1. The van der Waals surface area contributed by atoms with Crippen LogP contribution in [0.2, 0.25) is 0 Å². The molecule has 0 spiro atoms. The molecule has 1 rings (SSSR count). The monoisotopic (exact) mass is 302 g/mol. The highest BCUT2D eigenvalue weighted by atomic mass is 32.2. The van der Waals surface area contributed by atoms with Crippen molar-refractivity contribution in [1.29, 1.82) is 0 Å². The third kappa shape index (κ3) is 5.52. The second-order valence-electron chi connectivity index (χ2n) is 4.03. The highest BCUT2D eigenvalue weighted by Crippen LogP contribution is 2.17. The normalized spacial score (nSPS) is 13.6. The zero-order valence-corrected chi connectivity index (χ0v) is 12.5. The van der Waals surface area contributed by atoms with Crippen molar-refractivity contribution in [2.75, 3.05) is 12.0 Å². The minimum Gasteiger partial charge on any atom is -0.480 e. The van der Waals surface area contributed by atoms with Crippen molar-refractivity contribution in [2.45, 2.75) is 25.4 Å².